The summed E-state index contributed by atoms with van der Waals surface area (Å²) in [4.78, 5) is 11.8. The Kier molecular flexibility index (Phi) is 5.71. The zero-order valence-electron chi connectivity index (χ0n) is 14.2. The van der Waals surface area contributed by atoms with Crippen LogP contribution in [0.1, 0.15) is 11.3 Å². The van der Waals surface area contributed by atoms with E-state index in [4.69, 9.17) is 16.0 Å². The number of benzene rings is 2. The molecule has 3 aromatic rings. The van der Waals surface area contributed by atoms with Crippen LogP contribution in [0.2, 0.25) is 5.02 Å². The van der Waals surface area contributed by atoms with Crippen LogP contribution in [0.15, 0.2) is 70.2 Å². The molecular weight excluding hydrogens is 350 g/mol. The standard InChI is InChI=1S/C20H18ClN3O2/c1-14-7-8-15(11-18(14)21)19-10-9-17(26-19)12-23-24-20(25)13-22-16-5-3-2-4-6-16/h2-12,22H,13H2,1H3,(H,24,25)/b23-12-. The molecule has 5 nitrogen and oxygen atoms in total. The van der Waals surface area contributed by atoms with Crippen LogP contribution in [0.4, 0.5) is 5.69 Å². The fourth-order valence-electron chi connectivity index (χ4n) is 2.27. The molecule has 2 aromatic carbocycles. The van der Waals surface area contributed by atoms with Crippen molar-refractivity contribution in [1.82, 2.24) is 5.43 Å². The summed E-state index contributed by atoms with van der Waals surface area (Å²) < 4.78 is 5.70. The highest BCUT2D eigenvalue weighted by molar-refractivity contribution is 6.31. The highest BCUT2D eigenvalue weighted by atomic mass is 35.5. The lowest BCUT2D eigenvalue weighted by Gasteiger charge is -2.04. The van der Waals surface area contributed by atoms with Gasteiger partial charge in [-0.15, -0.1) is 0 Å². The summed E-state index contributed by atoms with van der Waals surface area (Å²) in [5, 5.41) is 7.60. The Morgan fingerprint density at radius 1 is 1.15 bits per heavy atom. The van der Waals surface area contributed by atoms with Crippen molar-refractivity contribution in [2.75, 3.05) is 11.9 Å². The minimum absolute atomic E-state index is 0.132. The van der Waals surface area contributed by atoms with Crippen LogP contribution in [0, 0.1) is 6.92 Å². The van der Waals surface area contributed by atoms with E-state index in [-0.39, 0.29) is 12.5 Å². The van der Waals surface area contributed by atoms with Gasteiger partial charge in [0.25, 0.3) is 5.91 Å². The first-order valence-electron chi connectivity index (χ1n) is 8.09. The minimum Gasteiger partial charge on any atom is -0.455 e. The number of carbonyl (C=O) groups is 1. The summed E-state index contributed by atoms with van der Waals surface area (Å²) in [6.07, 6.45) is 1.46. The van der Waals surface area contributed by atoms with E-state index in [1.807, 2.05) is 61.5 Å². The highest BCUT2D eigenvalue weighted by Gasteiger charge is 2.06. The van der Waals surface area contributed by atoms with Crippen molar-refractivity contribution in [1.29, 1.82) is 0 Å². The molecule has 26 heavy (non-hydrogen) atoms. The Balaban J connectivity index is 1.53. The number of halogens is 1. The second kappa shape index (κ2) is 8.36. The van der Waals surface area contributed by atoms with Gasteiger partial charge in [0.2, 0.25) is 0 Å². The molecule has 1 aromatic heterocycles. The predicted octanol–water partition coefficient (Wildman–Crippen LogP) is 4.47. The van der Waals surface area contributed by atoms with E-state index in [9.17, 15) is 4.79 Å². The highest BCUT2D eigenvalue weighted by Crippen LogP contribution is 2.26. The third-order valence-electron chi connectivity index (χ3n) is 3.69. The maximum atomic E-state index is 11.8. The van der Waals surface area contributed by atoms with Gasteiger partial charge >= 0.3 is 0 Å². The molecule has 0 radical (unpaired) electrons. The molecule has 0 aliphatic rings. The third kappa shape index (κ3) is 4.74. The average molecular weight is 368 g/mol. The lowest BCUT2D eigenvalue weighted by Crippen LogP contribution is -2.25. The fourth-order valence-corrected chi connectivity index (χ4v) is 2.45. The second-order valence-electron chi connectivity index (χ2n) is 5.68. The van der Waals surface area contributed by atoms with E-state index < -0.39 is 0 Å². The summed E-state index contributed by atoms with van der Waals surface area (Å²) in [6.45, 7) is 2.08. The number of para-hydroxylation sites is 1. The van der Waals surface area contributed by atoms with Crippen LogP contribution in [0.3, 0.4) is 0 Å². The molecule has 1 amide bonds. The van der Waals surface area contributed by atoms with Crippen molar-refractivity contribution in [3.05, 3.63) is 77.0 Å². The first-order valence-corrected chi connectivity index (χ1v) is 8.47. The van der Waals surface area contributed by atoms with Gasteiger partial charge in [-0.25, -0.2) is 5.43 Å². The SMILES string of the molecule is Cc1ccc(-c2ccc(/C=N\NC(=O)CNc3ccccc3)o2)cc1Cl. The Morgan fingerprint density at radius 2 is 1.96 bits per heavy atom. The molecule has 0 spiro atoms. The summed E-state index contributed by atoms with van der Waals surface area (Å²) in [5.41, 5.74) is 5.22. The monoisotopic (exact) mass is 367 g/mol. The van der Waals surface area contributed by atoms with E-state index in [0.29, 0.717) is 16.5 Å². The van der Waals surface area contributed by atoms with Crippen molar-refractivity contribution in [2.24, 2.45) is 5.10 Å². The van der Waals surface area contributed by atoms with Crippen LogP contribution in [0.5, 0.6) is 0 Å². The molecule has 0 atom stereocenters. The van der Waals surface area contributed by atoms with E-state index in [1.165, 1.54) is 6.21 Å². The first kappa shape index (κ1) is 17.8. The number of furan rings is 1. The number of carbonyl (C=O) groups excluding carboxylic acids is 1. The lowest BCUT2D eigenvalue weighted by molar-refractivity contribution is -0.119. The number of nitrogens with one attached hydrogen (secondary N) is 2. The van der Waals surface area contributed by atoms with Gasteiger partial charge in [-0.05, 0) is 42.8 Å². The van der Waals surface area contributed by atoms with Crippen LogP contribution in [-0.4, -0.2) is 18.7 Å². The number of hydrogen-bond donors (Lipinski definition) is 2. The number of nitrogens with zero attached hydrogens (tertiary/aromatic N) is 1. The fraction of sp³-hybridized carbons (Fsp3) is 0.100. The second-order valence-corrected chi connectivity index (χ2v) is 6.09. The van der Waals surface area contributed by atoms with Crippen molar-refractivity contribution in [3.63, 3.8) is 0 Å². The van der Waals surface area contributed by atoms with Crippen LogP contribution < -0.4 is 10.7 Å². The Bertz CT molecular complexity index is 920. The molecule has 0 saturated heterocycles. The Hall–Kier alpha value is -3.05. The molecule has 0 aliphatic carbocycles. The minimum atomic E-state index is -0.248. The van der Waals surface area contributed by atoms with Gasteiger partial charge in [0, 0.05) is 16.3 Å². The largest absolute Gasteiger partial charge is 0.455 e. The molecule has 3 rings (SSSR count). The van der Waals surface area contributed by atoms with Gasteiger partial charge in [-0.3, -0.25) is 4.79 Å². The summed E-state index contributed by atoms with van der Waals surface area (Å²) in [7, 11) is 0. The van der Waals surface area contributed by atoms with Gasteiger partial charge in [0.05, 0.1) is 12.8 Å². The van der Waals surface area contributed by atoms with E-state index >= 15 is 0 Å². The maximum absolute atomic E-state index is 11.8. The average Bonchev–Trinajstić information content (AvgIpc) is 3.12. The van der Waals surface area contributed by atoms with Crippen LogP contribution in [-0.2, 0) is 4.79 Å². The zero-order valence-corrected chi connectivity index (χ0v) is 15.0. The molecule has 0 bridgehead atoms. The number of anilines is 1. The molecule has 0 aliphatic heterocycles. The Labute approximate surface area is 156 Å². The predicted molar refractivity (Wildman–Crippen MR) is 105 cm³/mol. The van der Waals surface area contributed by atoms with Crippen molar-refractivity contribution < 1.29 is 9.21 Å². The normalized spacial score (nSPS) is 10.8. The Morgan fingerprint density at radius 3 is 2.73 bits per heavy atom. The molecule has 2 N–H and O–H groups in total. The van der Waals surface area contributed by atoms with E-state index in [1.54, 1.807) is 6.07 Å². The molecular formula is C20H18ClN3O2. The van der Waals surface area contributed by atoms with Crippen LogP contribution in [0.25, 0.3) is 11.3 Å². The molecule has 0 saturated carbocycles. The van der Waals surface area contributed by atoms with Crippen molar-refractivity contribution in [3.8, 4) is 11.3 Å². The summed E-state index contributed by atoms with van der Waals surface area (Å²) in [5.74, 6) is 0.973. The molecule has 0 fully saturated rings. The zero-order chi connectivity index (χ0) is 18.4. The lowest BCUT2D eigenvalue weighted by atomic mass is 10.1. The number of hydrazone groups is 1. The van der Waals surface area contributed by atoms with Gasteiger partial charge in [-0.1, -0.05) is 41.9 Å². The molecule has 132 valence electrons. The number of rotatable bonds is 6. The van der Waals surface area contributed by atoms with Gasteiger partial charge in [0.15, 0.2) is 0 Å². The van der Waals surface area contributed by atoms with Gasteiger partial charge < -0.3 is 9.73 Å². The summed E-state index contributed by atoms with van der Waals surface area (Å²) in [6, 6.07) is 18.8. The maximum Gasteiger partial charge on any atom is 0.259 e. The number of hydrogen-bond acceptors (Lipinski definition) is 4. The number of aryl methyl sites for hydroxylation is 1. The van der Waals surface area contributed by atoms with E-state index in [0.717, 1.165) is 16.8 Å². The third-order valence-corrected chi connectivity index (χ3v) is 4.10. The van der Waals surface area contributed by atoms with Gasteiger partial charge in [-0.2, -0.15) is 5.10 Å². The van der Waals surface area contributed by atoms with Crippen molar-refractivity contribution in [2.45, 2.75) is 6.92 Å². The van der Waals surface area contributed by atoms with Crippen molar-refractivity contribution >= 4 is 29.4 Å². The molecule has 1 heterocycles. The molecule has 0 unspecified atom stereocenters. The van der Waals surface area contributed by atoms with Gasteiger partial charge in [0.1, 0.15) is 11.5 Å². The smallest absolute Gasteiger partial charge is 0.259 e. The number of amides is 1. The topological polar surface area (TPSA) is 66.6 Å². The first-order chi connectivity index (χ1) is 12.6. The van der Waals surface area contributed by atoms with E-state index in [2.05, 4.69) is 15.8 Å². The summed E-state index contributed by atoms with van der Waals surface area (Å²) >= 11 is 6.14. The quantitative estimate of drug-likeness (QED) is 0.499. The van der Waals surface area contributed by atoms with Crippen LogP contribution >= 0.6 is 11.6 Å². The molecule has 6 heteroatoms.